The van der Waals surface area contributed by atoms with Crippen LogP contribution in [-0.2, 0) is 4.79 Å². The first kappa shape index (κ1) is 23.6. The summed E-state index contributed by atoms with van der Waals surface area (Å²) < 4.78 is 0. The van der Waals surface area contributed by atoms with Gasteiger partial charge in [-0.1, -0.05) is 89.3 Å². The van der Waals surface area contributed by atoms with Crippen LogP contribution in [0.2, 0.25) is 0 Å². The quantitative estimate of drug-likeness (QED) is 0.286. The van der Waals surface area contributed by atoms with Crippen LogP contribution in [0.25, 0.3) is 0 Å². The zero-order valence-electron chi connectivity index (χ0n) is 17.3. The second-order valence-electron chi connectivity index (χ2n) is 7.22. The Kier molecular flexibility index (Phi) is 13.7. The molecule has 0 unspecified atom stereocenters. The second kappa shape index (κ2) is 15.6. The van der Waals surface area contributed by atoms with E-state index < -0.39 is 0 Å². The van der Waals surface area contributed by atoms with E-state index in [1.807, 2.05) is 42.2 Å². The van der Waals surface area contributed by atoms with E-state index in [9.17, 15) is 4.79 Å². The summed E-state index contributed by atoms with van der Waals surface area (Å²) in [7, 11) is 0. The van der Waals surface area contributed by atoms with E-state index in [0.29, 0.717) is 11.5 Å². The summed E-state index contributed by atoms with van der Waals surface area (Å²) in [5.41, 5.74) is 1.01. The largest absolute Gasteiger partial charge is 0.319 e. The van der Waals surface area contributed by atoms with Crippen LogP contribution in [0.15, 0.2) is 30.3 Å². The highest BCUT2D eigenvalue weighted by atomic mass is 32.1. The van der Waals surface area contributed by atoms with E-state index in [4.69, 9.17) is 12.2 Å². The number of anilines is 1. The Bertz CT molecular complexity index is 518. The number of carbonyl (C=O) groups is 1. The normalized spacial score (nSPS) is 10.6. The molecule has 0 bridgehead atoms. The lowest BCUT2D eigenvalue weighted by atomic mass is 10.1. The summed E-state index contributed by atoms with van der Waals surface area (Å²) in [6.07, 6.45) is 14.7. The van der Waals surface area contributed by atoms with Crippen LogP contribution in [0.3, 0.4) is 0 Å². The monoisotopic (exact) mass is 390 g/mol. The molecule has 1 amide bonds. The minimum Gasteiger partial charge on any atom is -0.319 e. The third-order valence-corrected chi connectivity index (χ3v) is 5.21. The van der Waals surface area contributed by atoms with Crippen molar-refractivity contribution in [3.05, 3.63) is 30.3 Å². The molecule has 1 aromatic carbocycles. The van der Waals surface area contributed by atoms with Crippen molar-refractivity contribution in [3.63, 3.8) is 0 Å². The van der Waals surface area contributed by atoms with Crippen LogP contribution in [0.4, 0.5) is 5.69 Å². The number of carbonyl (C=O) groups excluding carboxylic acids is 1. The van der Waals surface area contributed by atoms with Gasteiger partial charge in [-0.05, 0) is 37.7 Å². The zero-order chi connectivity index (χ0) is 19.7. The van der Waals surface area contributed by atoms with Gasteiger partial charge in [0.1, 0.15) is 0 Å². The van der Waals surface area contributed by atoms with Crippen molar-refractivity contribution in [1.82, 2.24) is 5.32 Å². The Labute approximate surface area is 171 Å². The minimum atomic E-state index is 0.0327. The SMILES string of the molecule is CCCCCCCCCCCCCC(=O)NC(=S)N(CC)c1ccccc1. The smallest absolute Gasteiger partial charge is 0.226 e. The number of unbranched alkanes of at least 4 members (excludes halogenated alkanes) is 10. The fourth-order valence-corrected chi connectivity index (χ4v) is 3.60. The number of hydrogen-bond acceptors (Lipinski definition) is 2. The summed E-state index contributed by atoms with van der Waals surface area (Å²) in [4.78, 5) is 14.1. The summed E-state index contributed by atoms with van der Waals surface area (Å²) in [5.74, 6) is 0.0327. The van der Waals surface area contributed by atoms with Gasteiger partial charge in [-0.2, -0.15) is 0 Å². The molecular weight excluding hydrogens is 352 g/mol. The van der Waals surface area contributed by atoms with Crippen LogP contribution in [0, 0.1) is 0 Å². The summed E-state index contributed by atoms with van der Waals surface area (Å²) >= 11 is 5.41. The molecule has 0 spiro atoms. The first-order valence-corrected chi connectivity index (χ1v) is 11.3. The molecule has 0 saturated carbocycles. The Morgan fingerprint density at radius 3 is 1.89 bits per heavy atom. The van der Waals surface area contributed by atoms with E-state index in [-0.39, 0.29) is 5.91 Å². The number of benzene rings is 1. The highest BCUT2D eigenvalue weighted by Gasteiger charge is 2.12. The lowest BCUT2D eigenvalue weighted by Gasteiger charge is -2.23. The Hall–Kier alpha value is -1.42. The molecule has 0 aliphatic carbocycles. The summed E-state index contributed by atoms with van der Waals surface area (Å²) in [6.45, 7) is 5.04. The van der Waals surface area contributed by atoms with Crippen LogP contribution in [0.1, 0.15) is 90.9 Å². The topological polar surface area (TPSA) is 32.3 Å². The molecule has 0 atom stereocenters. The molecule has 1 aromatic rings. The third kappa shape index (κ3) is 11.1. The van der Waals surface area contributed by atoms with Gasteiger partial charge in [0.15, 0.2) is 5.11 Å². The van der Waals surface area contributed by atoms with E-state index in [0.717, 1.165) is 25.1 Å². The number of amides is 1. The number of para-hydroxylation sites is 1. The van der Waals surface area contributed by atoms with Crippen molar-refractivity contribution >= 4 is 28.9 Å². The van der Waals surface area contributed by atoms with Gasteiger partial charge in [0, 0.05) is 18.7 Å². The van der Waals surface area contributed by atoms with Gasteiger partial charge >= 0.3 is 0 Å². The highest BCUT2D eigenvalue weighted by Crippen LogP contribution is 2.14. The maximum Gasteiger partial charge on any atom is 0.226 e. The molecule has 0 radical (unpaired) electrons. The predicted octanol–water partition coefficient (Wildman–Crippen LogP) is 6.62. The van der Waals surface area contributed by atoms with E-state index >= 15 is 0 Å². The van der Waals surface area contributed by atoms with Gasteiger partial charge in [-0.25, -0.2) is 0 Å². The average Bonchev–Trinajstić information content (AvgIpc) is 2.67. The maximum absolute atomic E-state index is 12.1. The lowest BCUT2D eigenvalue weighted by molar-refractivity contribution is -0.119. The molecule has 3 nitrogen and oxygen atoms in total. The van der Waals surface area contributed by atoms with Gasteiger partial charge in [0.05, 0.1) is 0 Å². The first-order valence-electron chi connectivity index (χ1n) is 10.9. The number of nitrogens with one attached hydrogen (secondary N) is 1. The Morgan fingerprint density at radius 2 is 1.37 bits per heavy atom. The molecule has 0 aromatic heterocycles. The molecule has 152 valence electrons. The highest BCUT2D eigenvalue weighted by molar-refractivity contribution is 7.80. The van der Waals surface area contributed by atoms with Crippen molar-refractivity contribution in [3.8, 4) is 0 Å². The summed E-state index contributed by atoms with van der Waals surface area (Å²) in [6, 6.07) is 9.95. The molecule has 0 aliphatic heterocycles. The van der Waals surface area contributed by atoms with Gasteiger partial charge < -0.3 is 10.2 Å². The third-order valence-electron chi connectivity index (χ3n) is 4.88. The maximum atomic E-state index is 12.1. The molecular formula is C23H38N2OS. The lowest BCUT2D eigenvalue weighted by Crippen LogP contribution is -2.42. The first-order chi connectivity index (χ1) is 13.2. The van der Waals surface area contributed by atoms with E-state index in [1.165, 1.54) is 57.8 Å². The fraction of sp³-hybridized carbons (Fsp3) is 0.652. The van der Waals surface area contributed by atoms with Gasteiger partial charge in [0.2, 0.25) is 5.91 Å². The van der Waals surface area contributed by atoms with Gasteiger partial charge in [-0.3, -0.25) is 4.79 Å². The van der Waals surface area contributed by atoms with Crippen molar-refractivity contribution in [1.29, 1.82) is 0 Å². The van der Waals surface area contributed by atoms with Crippen molar-refractivity contribution in [2.24, 2.45) is 0 Å². The van der Waals surface area contributed by atoms with E-state index in [1.54, 1.807) is 0 Å². The standard InChI is InChI=1S/C23H38N2OS/c1-3-5-6-7-8-9-10-11-12-13-17-20-22(26)24-23(27)25(4-2)21-18-15-14-16-19-21/h14-16,18-19H,3-13,17,20H2,1-2H3,(H,24,26,27). The van der Waals surface area contributed by atoms with Gasteiger partial charge in [-0.15, -0.1) is 0 Å². The number of rotatable bonds is 14. The van der Waals surface area contributed by atoms with Crippen molar-refractivity contribution < 1.29 is 4.79 Å². The molecule has 1 N–H and O–H groups in total. The molecule has 0 fully saturated rings. The minimum absolute atomic E-state index is 0.0327. The van der Waals surface area contributed by atoms with Crippen LogP contribution < -0.4 is 10.2 Å². The number of hydrogen-bond donors (Lipinski definition) is 1. The Balaban J connectivity index is 2.07. The molecule has 4 heteroatoms. The van der Waals surface area contributed by atoms with Crippen molar-refractivity contribution in [2.45, 2.75) is 90.9 Å². The molecule has 27 heavy (non-hydrogen) atoms. The second-order valence-corrected chi connectivity index (χ2v) is 7.61. The molecule has 0 saturated heterocycles. The molecule has 0 heterocycles. The van der Waals surface area contributed by atoms with Crippen LogP contribution in [0.5, 0.6) is 0 Å². The Morgan fingerprint density at radius 1 is 0.852 bits per heavy atom. The fourth-order valence-electron chi connectivity index (χ4n) is 3.25. The summed E-state index contributed by atoms with van der Waals surface area (Å²) in [5, 5.41) is 3.38. The van der Waals surface area contributed by atoms with Gasteiger partial charge in [0.25, 0.3) is 0 Å². The number of nitrogens with zero attached hydrogens (tertiary/aromatic N) is 1. The van der Waals surface area contributed by atoms with Crippen LogP contribution >= 0.6 is 12.2 Å². The van der Waals surface area contributed by atoms with E-state index in [2.05, 4.69) is 12.2 Å². The number of thiocarbonyl (C=S) groups is 1. The average molecular weight is 391 g/mol. The molecule has 1 rings (SSSR count). The zero-order valence-corrected chi connectivity index (χ0v) is 18.2. The van der Waals surface area contributed by atoms with Crippen molar-refractivity contribution in [2.75, 3.05) is 11.4 Å². The predicted molar refractivity (Wildman–Crippen MR) is 121 cm³/mol. The molecule has 0 aliphatic rings. The van der Waals surface area contributed by atoms with Crippen LogP contribution in [-0.4, -0.2) is 17.6 Å².